The summed E-state index contributed by atoms with van der Waals surface area (Å²) in [5, 5.41) is 2.73. The number of rotatable bonds is 6. The number of carbonyl (C=O) groups is 2. The molecule has 1 saturated heterocycles. The molecule has 1 fully saturated rings. The highest BCUT2D eigenvalue weighted by molar-refractivity contribution is 5.83. The molecular weight excluding hydrogens is 337 g/mol. The van der Waals surface area contributed by atoms with Gasteiger partial charge in [0.2, 0.25) is 11.8 Å². The molecule has 1 atom stereocenters. The molecule has 0 bridgehead atoms. The van der Waals surface area contributed by atoms with E-state index in [4.69, 9.17) is 4.74 Å². The van der Waals surface area contributed by atoms with Gasteiger partial charge < -0.3 is 15.0 Å². The van der Waals surface area contributed by atoms with Gasteiger partial charge in [0.1, 0.15) is 0 Å². The number of likely N-dealkylation sites (tertiary alicyclic amines) is 1. The zero-order chi connectivity index (χ0) is 18.4. The minimum atomic E-state index is -4.42. The lowest BCUT2D eigenvalue weighted by atomic mass is 9.96. The molecule has 0 saturated carbocycles. The van der Waals surface area contributed by atoms with E-state index < -0.39 is 11.7 Å². The van der Waals surface area contributed by atoms with Crippen LogP contribution in [0.2, 0.25) is 0 Å². The van der Waals surface area contributed by atoms with Crippen molar-refractivity contribution in [2.45, 2.75) is 25.6 Å². The first-order valence-corrected chi connectivity index (χ1v) is 8.02. The van der Waals surface area contributed by atoms with Gasteiger partial charge in [-0.2, -0.15) is 13.2 Å². The van der Waals surface area contributed by atoms with Crippen LogP contribution >= 0.6 is 0 Å². The Bertz CT molecular complexity index is 619. The van der Waals surface area contributed by atoms with Gasteiger partial charge in [-0.3, -0.25) is 9.59 Å². The molecule has 8 heteroatoms. The van der Waals surface area contributed by atoms with Gasteiger partial charge in [0.05, 0.1) is 18.1 Å². The summed E-state index contributed by atoms with van der Waals surface area (Å²) < 4.78 is 43.2. The molecule has 138 valence electrons. The highest BCUT2D eigenvalue weighted by atomic mass is 19.4. The van der Waals surface area contributed by atoms with E-state index in [1.165, 1.54) is 18.1 Å². The first kappa shape index (κ1) is 19.2. The maximum atomic E-state index is 12.8. The van der Waals surface area contributed by atoms with Crippen LogP contribution in [0.3, 0.4) is 0 Å². The van der Waals surface area contributed by atoms with E-state index in [2.05, 4.69) is 5.32 Å². The lowest BCUT2D eigenvalue weighted by Crippen LogP contribution is -2.45. The third-order valence-corrected chi connectivity index (χ3v) is 4.10. The largest absolute Gasteiger partial charge is 0.416 e. The summed E-state index contributed by atoms with van der Waals surface area (Å²) in [6.45, 7) is 1.04. The van der Waals surface area contributed by atoms with Gasteiger partial charge >= 0.3 is 6.18 Å². The van der Waals surface area contributed by atoms with E-state index in [1.807, 2.05) is 0 Å². The van der Waals surface area contributed by atoms with Gasteiger partial charge in [-0.15, -0.1) is 0 Å². The molecule has 5 nitrogen and oxygen atoms in total. The summed E-state index contributed by atoms with van der Waals surface area (Å²) in [6, 6.07) is 4.90. The summed E-state index contributed by atoms with van der Waals surface area (Å²) >= 11 is 0. The van der Waals surface area contributed by atoms with Crippen molar-refractivity contribution >= 4 is 11.8 Å². The minimum absolute atomic E-state index is 0.0601. The average molecular weight is 358 g/mol. The second-order valence-corrected chi connectivity index (χ2v) is 5.99. The van der Waals surface area contributed by atoms with Crippen LogP contribution in [0, 0.1) is 5.92 Å². The lowest BCUT2D eigenvalue weighted by Gasteiger charge is -2.32. The van der Waals surface area contributed by atoms with E-state index in [9.17, 15) is 22.8 Å². The van der Waals surface area contributed by atoms with Gasteiger partial charge in [0.15, 0.2) is 0 Å². The predicted molar refractivity (Wildman–Crippen MR) is 84.5 cm³/mol. The normalized spacial score (nSPS) is 18.3. The Morgan fingerprint density at radius 1 is 1.40 bits per heavy atom. The fourth-order valence-electron chi connectivity index (χ4n) is 2.77. The van der Waals surface area contributed by atoms with Crippen LogP contribution in [0.15, 0.2) is 24.3 Å². The molecule has 2 rings (SSSR count). The lowest BCUT2D eigenvalue weighted by molar-refractivity contribution is -0.139. The molecule has 0 unspecified atom stereocenters. The third kappa shape index (κ3) is 5.45. The topological polar surface area (TPSA) is 58.6 Å². The smallest absolute Gasteiger partial charge is 0.383 e. The predicted octanol–water partition coefficient (Wildman–Crippen LogP) is 2.21. The Kier molecular flexibility index (Phi) is 6.41. The van der Waals surface area contributed by atoms with Gasteiger partial charge in [0.25, 0.3) is 0 Å². The van der Waals surface area contributed by atoms with Crippen molar-refractivity contribution in [1.29, 1.82) is 0 Å². The number of nitrogens with zero attached hydrogens (tertiary/aromatic N) is 1. The Labute approximate surface area is 144 Å². The van der Waals surface area contributed by atoms with E-state index in [1.54, 1.807) is 6.07 Å². The van der Waals surface area contributed by atoms with Crippen LogP contribution in [0.5, 0.6) is 0 Å². The van der Waals surface area contributed by atoms with Crippen molar-refractivity contribution in [3.8, 4) is 0 Å². The monoisotopic (exact) mass is 358 g/mol. The standard InChI is InChI=1S/C17H21F3N2O3/c1-25-8-7-21-16(24)13-5-6-15(23)22(11-13)10-12-3-2-4-14(9-12)17(18,19)20/h2-4,9,13H,5-8,10-11H2,1H3,(H,21,24)/t13-/m1/s1. The van der Waals surface area contributed by atoms with E-state index >= 15 is 0 Å². The second-order valence-electron chi connectivity index (χ2n) is 5.99. The molecule has 2 amide bonds. The number of alkyl halides is 3. The number of hydrogen-bond acceptors (Lipinski definition) is 3. The summed E-state index contributed by atoms with van der Waals surface area (Å²) in [5.74, 6) is -0.683. The maximum absolute atomic E-state index is 12.8. The number of ether oxygens (including phenoxy) is 1. The van der Waals surface area contributed by atoms with Crippen molar-refractivity contribution in [2.24, 2.45) is 5.92 Å². The molecule has 25 heavy (non-hydrogen) atoms. The molecule has 1 aliphatic heterocycles. The van der Waals surface area contributed by atoms with Gasteiger partial charge in [0, 0.05) is 33.2 Å². The highest BCUT2D eigenvalue weighted by Crippen LogP contribution is 2.30. The van der Waals surface area contributed by atoms with Gasteiger partial charge in [-0.1, -0.05) is 12.1 Å². The second kappa shape index (κ2) is 8.33. The van der Waals surface area contributed by atoms with Crippen LogP contribution in [-0.4, -0.2) is 43.5 Å². The third-order valence-electron chi connectivity index (χ3n) is 4.10. The summed E-state index contributed by atoms with van der Waals surface area (Å²) in [6.07, 6.45) is -3.77. The Balaban J connectivity index is 2.00. The van der Waals surface area contributed by atoms with Crippen LogP contribution in [0.4, 0.5) is 13.2 Å². The number of benzene rings is 1. The maximum Gasteiger partial charge on any atom is 0.416 e. The fraction of sp³-hybridized carbons (Fsp3) is 0.529. The first-order valence-electron chi connectivity index (χ1n) is 8.02. The fourth-order valence-corrected chi connectivity index (χ4v) is 2.77. The SMILES string of the molecule is COCCNC(=O)[C@@H]1CCC(=O)N(Cc2cccc(C(F)(F)F)c2)C1. The van der Waals surface area contributed by atoms with Crippen LogP contribution in [0.1, 0.15) is 24.0 Å². The van der Waals surface area contributed by atoms with Crippen molar-refractivity contribution in [2.75, 3.05) is 26.8 Å². The molecule has 1 N–H and O–H groups in total. The zero-order valence-electron chi connectivity index (χ0n) is 13.9. The Morgan fingerprint density at radius 2 is 2.16 bits per heavy atom. The minimum Gasteiger partial charge on any atom is -0.383 e. The van der Waals surface area contributed by atoms with Gasteiger partial charge in [-0.25, -0.2) is 0 Å². The van der Waals surface area contributed by atoms with Crippen molar-refractivity contribution < 1.29 is 27.5 Å². The summed E-state index contributed by atoms with van der Waals surface area (Å²) in [5.41, 5.74) is -0.355. The molecule has 1 aromatic rings. The number of amides is 2. The molecule has 1 heterocycles. The number of carbonyl (C=O) groups excluding carboxylic acids is 2. The molecule has 1 aromatic carbocycles. The van der Waals surface area contributed by atoms with Crippen LogP contribution < -0.4 is 5.32 Å². The Hall–Kier alpha value is -2.09. The van der Waals surface area contributed by atoms with Crippen molar-refractivity contribution in [1.82, 2.24) is 10.2 Å². The van der Waals surface area contributed by atoms with Gasteiger partial charge in [-0.05, 0) is 24.1 Å². The first-order chi connectivity index (χ1) is 11.8. The van der Waals surface area contributed by atoms with Crippen molar-refractivity contribution in [3.05, 3.63) is 35.4 Å². The number of methoxy groups -OCH3 is 1. The summed E-state index contributed by atoms with van der Waals surface area (Å²) in [4.78, 5) is 25.6. The molecular formula is C17H21F3N2O3. The molecule has 1 aliphatic rings. The molecule has 0 aromatic heterocycles. The highest BCUT2D eigenvalue weighted by Gasteiger charge is 2.32. The van der Waals surface area contributed by atoms with Crippen LogP contribution in [0.25, 0.3) is 0 Å². The van der Waals surface area contributed by atoms with Crippen molar-refractivity contribution in [3.63, 3.8) is 0 Å². The number of hydrogen-bond donors (Lipinski definition) is 1. The van der Waals surface area contributed by atoms with E-state index in [0.29, 0.717) is 25.1 Å². The molecule has 0 spiro atoms. The van der Waals surface area contributed by atoms with E-state index in [0.717, 1.165) is 12.1 Å². The summed E-state index contributed by atoms with van der Waals surface area (Å²) in [7, 11) is 1.53. The number of piperidine rings is 1. The Morgan fingerprint density at radius 3 is 2.84 bits per heavy atom. The average Bonchev–Trinajstić information content (AvgIpc) is 2.56. The van der Waals surface area contributed by atoms with E-state index in [-0.39, 0.29) is 37.2 Å². The zero-order valence-corrected chi connectivity index (χ0v) is 13.9. The quantitative estimate of drug-likeness (QED) is 0.794. The molecule has 0 radical (unpaired) electrons. The van der Waals surface area contributed by atoms with Crippen LogP contribution in [-0.2, 0) is 27.0 Å². The number of halogens is 3. The number of nitrogens with one attached hydrogen (secondary N) is 1. The molecule has 0 aliphatic carbocycles.